The van der Waals surface area contributed by atoms with Gasteiger partial charge in [-0.15, -0.1) is 18.3 Å². The van der Waals surface area contributed by atoms with Crippen molar-refractivity contribution in [1.29, 1.82) is 0 Å². The van der Waals surface area contributed by atoms with Gasteiger partial charge in [-0.3, -0.25) is 0 Å². The summed E-state index contributed by atoms with van der Waals surface area (Å²) in [6.45, 7) is 0. The number of hydrogen-bond acceptors (Lipinski definition) is 4. The maximum absolute atomic E-state index is 12.2. The molecule has 2 aromatic rings. The van der Waals surface area contributed by atoms with Crippen molar-refractivity contribution in [3.8, 4) is 11.4 Å². The van der Waals surface area contributed by atoms with Gasteiger partial charge in [0.1, 0.15) is 5.75 Å². The molecular formula is C13H12BrF3N4O. The molecular weight excluding hydrogens is 365 g/mol. The molecule has 0 amide bonds. The third-order valence-electron chi connectivity index (χ3n) is 3.33. The molecule has 0 unspecified atom stereocenters. The largest absolute Gasteiger partial charge is 0.573 e. The second-order valence-electron chi connectivity index (χ2n) is 4.93. The lowest BCUT2D eigenvalue weighted by Crippen LogP contribution is -2.28. The quantitative estimate of drug-likeness (QED) is 0.879. The minimum atomic E-state index is -4.70. The van der Waals surface area contributed by atoms with E-state index in [1.807, 2.05) is 0 Å². The Labute approximate surface area is 132 Å². The van der Waals surface area contributed by atoms with E-state index in [1.54, 1.807) is 4.68 Å². The summed E-state index contributed by atoms with van der Waals surface area (Å²) in [4.78, 5) is 4.24. The highest BCUT2D eigenvalue weighted by molar-refractivity contribution is 9.10. The van der Waals surface area contributed by atoms with E-state index < -0.39 is 6.36 Å². The van der Waals surface area contributed by atoms with Crippen LogP contribution in [0.25, 0.3) is 5.69 Å². The third kappa shape index (κ3) is 3.52. The van der Waals surface area contributed by atoms with Crippen molar-refractivity contribution in [2.75, 3.05) is 5.32 Å². The zero-order valence-corrected chi connectivity index (χ0v) is 12.9. The Balaban J connectivity index is 1.81. The summed E-state index contributed by atoms with van der Waals surface area (Å²) >= 11 is 3.21. The maximum atomic E-state index is 12.2. The van der Waals surface area contributed by atoms with Gasteiger partial charge in [0.05, 0.1) is 5.69 Å². The van der Waals surface area contributed by atoms with Crippen molar-refractivity contribution in [3.63, 3.8) is 0 Å². The summed E-state index contributed by atoms with van der Waals surface area (Å²) in [6, 6.07) is 5.84. The first-order chi connectivity index (χ1) is 10.4. The number of hydrogen-bond donors (Lipinski definition) is 1. The molecule has 1 saturated carbocycles. The topological polar surface area (TPSA) is 52.0 Å². The van der Waals surface area contributed by atoms with E-state index in [1.165, 1.54) is 30.7 Å². The van der Waals surface area contributed by atoms with E-state index >= 15 is 0 Å². The molecule has 118 valence electrons. The Kier molecular flexibility index (Phi) is 3.98. The maximum Gasteiger partial charge on any atom is 0.573 e. The van der Waals surface area contributed by atoms with Crippen LogP contribution in [0.5, 0.6) is 5.75 Å². The van der Waals surface area contributed by atoms with Gasteiger partial charge < -0.3 is 10.1 Å². The van der Waals surface area contributed by atoms with Gasteiger partial charge in [-0.05, 0) is 59.5 Å². The third-order valence-corrected chi connectivity index (χ3v) is 3.67. The van der Waals surface area contributed by atoms with Crippen LogP contribution in [-0.2, 0) is 0 Å². The molecule has 3 rings (SSSR count). The second-order valence-corrected chi connectivity index (χ2v) is 5.64. The number of aromatic nitrogens is 3. The minimum absolute atomic E-state index is 0.274. The van der Waals surface area contributed by atoms with E-state index in [-0.39, 0.29) is 5.75 Å². The van der Waals surface area contributed by atoms with Crippen LogP contribution in [0.15, 0.2) is 29.0 Å². The fraction of sp³-hybridized carbons (Fsp3) is 0.385. The molecule has 1 N–H and O–H groups in total. The molecule has 22 heavy (non-hydrogen) atoms. The molecule has 0 spiro atoms. The Morgan fingerprint density at radius 1 is 1.23 bits per heavy atom. The van der Waals surface area contributed by atoms with Gasteiger partial charge in [0.2, 0.25) is 10.7 Å². The number of benzene rings is 1. The van der Waals surface area contributed by atoms with Gasteiger partial charge >= 0.3 is 6.36 Å². The molecule has 0 radical (unpaired) electrons. The summed E-state index contributed by atoms with van der Waals surface area (Å²) in [7, 11) is 0. The molecule has 0 aliphatic heterocycles. The van der Waals surface area contributed by atoms with Gasteiger partial charge in [0.25, 0.3) is 0 Å². The van der Waals surface area contributed by atoms with E-state index in [4.69, 9.17) is 0 Å². The molecule has 1 heterocycles. The Hall–Kier alpha value is -1.77. The number of nitrogens with one attached hydrogen (secondary N) is 1. The van der Waals surface area contributed by atoms with Crippen LogP contribution < -0.4 is 10.1 Å². The van der Waals surface area contributed by atoms with Crippen molar-refractivity contribution >= 4 is 21.9 Å². The average molecular weight is 377 g/mol. The van der Waals surface area contributed by atoms with Crippen molar-refractivity contribution in [1.82, 2.24) is 14.8 Å². The van der Waals surface area contributed by atoms with Crippen LogP contribution in [0, 0.1) is 0 Å². The minimum Gasteiger partial charge on any atom is -0.406 e. The molecule has 1 aliphatic carbocycles. The van der Waals surface area contributed by atoms with Crippen molar-refractivity contribution in [2.24, 2.45) is 0 Å². The fourth-order valence-corrected chi connectivity index (χ4v) is 2.41. The molecule has 1 aromatic carbocycles. The van der Waals surface area contributed by atoms with Crippen LogP contribution in [0.1, 0.15) is 19.3 Å². The number of anilines is 1. The molecule has 0 atom stereocenters. The first-order valence-corrected chi connectivity index (χ1v) is 7.45. The SMILES string of the molecule is FC(F)(F)Oc1ccc(-n2nc(Br)nc2NC2CCC2)cc1. The summed E-state index contributed by atoms with van der Waals surface area (Å²) in [5.41, 5.74) is 0.592. The van der Waals surface area contributed by atoms with Gasteiger partial charge in [0.15, 0.2) is 0 Å². The Morgan fingerprint density at radius 3 is 2.45 bits per heavy atom. The fourth-order valence-electron chi connectivity index (χ4n) is 2.08. The number of rotatable bonds is 4. The number of halogens is 4. The summed E-state index contributed by atoms with van der Waals surface area (Å²) in [5.74, 6) is 0.282. The zero-order valence-electron chi connectivity index (χ0n) is 11.3. The standard InChI is InChI=1S/C13H12BrF3N4O/c14-11-19-12(18-8-2-1-3-8)21(20-11)9-4-6-10(7-5-9)22-13(15,16)17/h4-8H,1-3H2,(H,18,19,20). The zero-order chi connectivity index (χ0) is 15.7. The molecule has 0 bridgehead atoms. The summed E-state index contributed by atoms with van der Waals surface area (Å²) < 4.78 is 42.3. The first kappa shape index (κ1) is 15.1. The lowest BCUT2D eigenvalue weighted by molar-refractivity contribution is -0.274. The highest BCUT2D eigenvalue weighted by Crippen LogP contribution is 2.27. The number of alkyl halides is 3. The monoisotopic (exact) mass is 376 g/mol. The van der Waals surface area contributed by atoms with Gasteiger partial charge in [0, 0.05) is 6.04 Å². The van der Waals surface area contributed by atoms with Crippen LogP contribution >= 0.6 is 15.9 Å². The predicted octanol–water partition coefficient (Wildman–Crippen LogP) is 3.89. The summed E-state index contributed by atoms with van der Waals surface area (Å²) in [5, 5.41) is 7.46. The number of ether oxygens (including phenoxy) is 1. The molecule has 9 heteroatoms. The van der Waals surface area contributed by atoms with Crippen LogP contribution in [0.3, 0.4) is 0 Å². The van der Waals surface area contributed by atoms with Gasteiger partial charge in [-0.25, -0.2) is 0 Å². The Bertz CT molecular complexity index is 652. The van der Waals surface area contributed by atoms with E-state index in [0.29, 0.717) is 22.4 Å². The van der Waals surface area contributed by atoms with E-state index in [9.17, 15) is 13.2 Å². The highest BCUT2D eigenvalue weighted by atomic mass is 79.9. The van der Waals surface area contributed by atoms with Gasteiger partial charge in [-0.2, -0.15) is 9.67 Å². The van der Waals surface area contributed by atoms with Crippen LogP contribution in [0.4, 0.5) is 19.1 Å². The normalized spacial score (nSPS) is 15.5. The predicted molar refractivity (Wildman–Crippen MR) is 77.0 cm³/mol. The van der Waals surface area contributed by atoms with Crippen molar-refractivity contribution in [3.05, 3.63) is 29.0 Å². The lowest BCUT2D eigenvalue weighted by atomic mass is 9.93. The first-order valence-electron chi connectivity index (χ1n) is 6.66. The smallest absolute Gasteiger partial charge is 0.406 e. The van der Waals surface area contributed by atoms with Crippen LogP contribution in [-0.4, -0.2) is 27.2 Å². The molecule has 1 aliphatic rings. The second kappa shape index (κ2) is 5.79. The molecule has 0 saturated heterocycles. The molecule has 5 nitrogen and oxygen atoms in total. The average Bonchev–Trinajstić information content (AvgIpc) is 2.74. The summed E-state index contributed by atoms with van der Waals surface area (Å²) in [6.07, 6.45) is -1.38. The lowest BCUT2D eigenvalue weighted by Gasteiger charge is -2.26. The highest BCUT2D eigenvalue weighted by Gasteiger charge is 2.31. The van der Waals surface area contributed by atoms with Gasteiger partial charge in [-0.1, -0.05) is 0 Å². The number of nitrogens with zero attached hydrogens (tertiary/aromatic N) is 3. The van der Waals surface area contributed by atoms with Crippen LogP contribution in [0.2, 0.25) is 0 Å². The van der Waals surface area contributed by atoms with E-state index in [0.717, 1.165) is 12.8 Å². The molecule has 1 fully saturated rings. The van der Waals surface area contributed by atoms with Crippen molar-refractivity contribution in [2.45, 2.75) is 31.7 Å². The van der Waals surface area contributed by atoms with Crippen molar-refractivity contribution < 1.29 is 17.9 Å². The van der Waals surface area contributed by atoms with E-state index in [2.05, 4.69) is 36.1 Å². The Morgan fingerprint density at radius 2 is 1.91 bits per heavy atom. The molecule has 1 aromatic heterocycles.